The predicted octanol–water partition coefficient (Wildman–Crippen LogP) is 3.00. The summed E-state index contributed by atoms with van der Waals surface area (Å²) in [5.41, 5.74) is 1.39. The maximum absolute atomic E-state index is 3.97. The minimum atomic E-state index is 0.847. The van der Waals surface area contributed by atoms with E-state index in [1.165, 1.54) is 24.8 Å². The topological polar surface area (TPSA) is 0 Å². The molecule has 1 saturated carbocycles. The van der Waals surface area contributed by atoms with Crippen molar-refractivity contribution in [2.45, 2.75) is 33.1 Å². The largest absolute Gasteiger partial charge is 0.0999 e. The molecule has 0 spiro atoms. The summed E-state index contributed by atoms with van der Waals surface area (Å²) in [4.78, 5) is 0. The Kier molecular flexibility index (Phi) is 1.94. The highest BCUT2D eigenvalue weighted by Crippen LogP contribution is 2.33. The Labute approximate surface area is 58.0 Å². The van der Waals surface area contributed by atoms with E-state index in [1.54, 1.807) is 0 Å². The van der Waals surface area contributed by atoms with Crippen LogP contribution in [0.25, 0.3) is 0 Å². The fraction of sp³-hybridized carbons (Fsp3) is 0.778. The lowest BCUT2D eigenvalue weighted by molar-refractivity contribution is 0.572. The molecule has 0 aromatic heterocycles. The van der Waals surface area contributed by atoms with Gasteiger partial charge in [0.1, 0.15) is 0 Å². The molecular weight excluding hydrogens is 108 g/mol. The molecule has 0 heterocycles. The standard InChI is InChI=1S/C9H16/c1-7(2)9-5-4-8(3)6-9/h8-9H,1,4-6H2,2-3H3/t8-,9?/m1/s1. The van der Waals surface area contributed by atoms with Crippen LogP contribution in [0.3, 0.4) is 0 Å². The maximum Gasteiger partial charge on any atom is -0.0206 e. The monoisotopic (exact) mass is 124 g/mol. The molecule has 1 fully saturated rings. The van der Waals surface area contributed by atoms with E-state index in [2.05, 4.69) is 20.4 Å². The van der Waals surface area contributed by atoms with Crippen LogP contribution in [0.4, 0.5) is 0 Å². The second-order valence-electron chi connectivity index (χ2n) is 3.46. The van der Waals surface area contributed by atoms with Crippen LogP contribution < -0.4 is 0 Å². The van der Waals surface area contributed by atoms with Gasteiger partial charge in [-0.2, -0.15) is 0 Å². The van der Waals surface area contributed by atoms with Crippen LogP contribution in [-0.2, 0) is 0 Å². The molecule has 1 unspecified atom stereocenters. The summed E-state index contributed by atoms with van der Waals surface area (Å²) in [6.45, 7) is 8.46. The first-order valence-electron chi connectivity index (χ1n) is 3.85. The number of allylic oxidation sites excluding steroid dienone is 1. The van der Waals surface area contributed by atoms with Gasteiger partial charge in [0.05, 0.1) is 0 Å². The highest BCUT2D eigenvalue weighted by molar-refractivity contribution is 4.99. The Hall–Kier alpha value is -0.260. The molecule has 52 valence electrons. The minimum absolute atomic E-state index is 0.847. The number of rotatable bonds is 1. The summed E-state index contributed by atoms with van der Waals surface area (Å²) in [7, 11) is 0. The molecule has 0 amide bonds. The van der Waals surface area contributed by atoms with Gasteiger partial charge in [-0.05, 0) is 31.6 Å². The van der Waals surface area contributed by atoms with Crippen molar-refractivity contribution in [1.82, 2.24) is 0 Å². The first-order valence-corrected chi connectivity index (χ1v) is 3.85. The third kappa shape index (κ3) is 1.57. The molecule has 1 aliphatic rings. The zero-order chi connectivity index (χ0) is 6.85. The van der Waals surface area contributed by atoms with Crippen LogP contribution >= 0.6 is 0 Å². The van der Waals surface area contributed by atoms with Crippen molar-refractivity contribution in [3.8, 4) is 0 Å². The van der Waals surface area contributed by atoms with Gasteiger partial charge in [-0.15, -0.1) is 0 Å². The fourth-order valence-electron chi connectivity index (χ4n) is 1.65. The van der Waals surface area contributed by atoms with Gasteiger partial charge in [-0.25, -0.2) is 0 Å². The van der Waals surface area contributed by atoms with E-state index < -0.39 is 0 Å². The third-order valence-electron chi connectivity index (χ3n) is 2.39. The van der Waals surface area contributed by atoms with Crippen LogP contribution in [0.15, 0.2) is 12.2 Å². The van der Waals surface area contributed by atoms with Crippen molar-refractivity contribution in [1.29, 1.82) is 0 Å². The smallest absolute Gasteiger partial charge is 0.0206 e. The Balaban J connectivity index is 2.39. The summed E-state index contributed by atoms with van der Waals surface area (Å²) in [6, 6.07) is 0. The van der Waals surface area contributed by atoms with Gasteiger partial charge < -0.3 is 0 Å². The molecule has 0 bridgehead atoms. The zero-order valence-corrected chi connectivity index (χ0v) is 6.48. The molecule has 0 radical (unpaired) electrons. The van der Waals surface area contributed by atoms with E-state index in [9.17, 15) is 0 Å². The average Bonchev–Trinajstić information content (AvgIpc) is 2.14. The van der Waals surface area contributed by atoms with E-state index in [4.69, 9.17) is 0 Å². The lowest BCUT2D eigenvalue weighted by Gasteiger charge is -2.06. The SMILES string of the molecule is C=C(C)C1CC[C@@H](C)C1. The minimum Gasteiger partial charge on any atom is -0.0999 e. The molecule has 0 aromatic rings. The molecule has 1 aliphatic carbocycles. The molecule has 0 saturated heterocycles. The maximum atomic E-state index is 3.97. The lowest BCUT2D eigenvalue weighted by Crippen LogP contribution is -1.93. The second-order valence-corrected chi connectivity index (χ2v) is 3.46. The summed E-state index contributed by atoms with van der Waals surface area (Å²) in [6.07, 6.45) is 4.18. The molecule has 0 N–H and O–H groups in total. The normalized spacial score (nSPS) is 34.9. The predicted molar refractivity (Wildman–Crippen MR) is 41.3 cm³/mol. The van der Waals surface area contributed by atoms with Crippen molar-refractivity contribution in [3.63, 3.8) is 0 Å². The molecule has 0 aromatic carbocycles. The van der Waals surface area contributed by atoms with Crippen molar-refractivity contribution in [2.24, 2.45) is 11.8 Å². The Morgan fingerprint density at radius 3 is 2.33 bits per heavy atom. The van der Waals surface area contributed by atoms with Crippen LogP contribution in [0.5, 0.6) is 0 Å². The summed E-state index contributed by atoms with van der Waals surface area (Å²) in [5.74, 6) is 1.80. The molecule has 0 aliphatic heterocycles. The average molecular weight is 124 g/mol. The van der Waals surface area contributed by atoms with E-state index in [1.807, 2.05) is 0 Å². The van der Waals surface area contributed by atoms with E-state index in [0.29, 0.717) is 0 Å². The van der Waals surface area contributed by atoms with Crippen LogP contribution in [0.2, 0.25) is 0 Å². The van der Waals surface area contributed by atoms with Crippen LogP contribution in [0.1, 0.15) is 33.1 Å². The van der Waals surface area contributed by atoms with Crippen molar-refractivity contribution in [2.75, 3.05) is 0 Å². The van der Waals surface area contributed by atoms with Gasteiger partial charge in [0.2, 0.25) is 0 Å². The van der Waals surface area contributed by atoms with Gasteiger partial charge in [0.15, 0.2) is 0 Å². The zero-order valence-electron chi connectivity index (χ0n) is 6.48. The Morgan fingerprint density at radius 1 is 1.44 bits per heavy atom. The summed E-state index contributed by atoms with van der Waals surface area (Å²) in [5, 5.41) is 0. The first-order chi connectivity index (χ1) is 4.20. The Bertz CT molecular complexity index is 113. The van der Waals surface area contributed by atoms with Crippen molar-refractivity contribution in [3.05, 3.63) is 12.2 Å². The van der Waals surface area contributed by atoms with E-state index >= 15 is 0 Å². The van der Waals surface area contributed by atoms with Crippen molar-refractivity contribution >= 4 is 0 Å². The van der Waals surface area contributed by atoms with Gasteiger partial charge >= 0.3 is 0 Å². The van der Waals surface area contributed by atoms with Gasteiger partial charge in [-0.1, -0.05) is 25.5 Å². The second kappa shape index (κ2) is 2.55. The summed E-state index contributed by atoms with van der Waals surface area (Å²) < 4.78 is 0. The highest BCUT2D eigenvalue weighted by atomic mass is 14.3. The lowest BCUT2D eigenvalue weighted by atomic mass is 10.00. The molecule has 9 heavy (non-hydrogen) atoms. The number of hydrogen-bond acceptors (Lipinski definition) is 0. The van der Waals surface area contributed by atoms with E-state index in [0.717, 1.165) is 11.8 Å². The quantitative estimate of drug-likeness (QED) is 0.471. The Morgan fingerprint density at radius 2 is 2.11 bits per heavy atom. The number of hydrogen-bond donors (Lipinski definition) is 0. The molecule has 0 nitrogen and oxygen atoms in total. The fourth-order valence-corrected chi connectivity index (χ4v) is 1.65. The first kappa shape index (κ1) is 6.85. The summed E-state index contributed by atoms with van der Waals surface area (Å²) >= 11 is 0. The van der Waals surface area contributed by atoms with Crippen molar-refractivity contribution < 1.29 is 0 Å². The highest BCUT2D eigenvalue weighted by Gasteiger charge is 2.20. The van der Waals surface area contributed by atoms with Crippen LogP contribution in [-0.4, -0.2) is 0 Å². The third-order valence-corrected chi connectivity index (χ3v) is 2.39. The molecule has 1 rings (SSSR count). The van der Waals surface area contributed by atoms with E-state index in [-0.39, 0.29) is 0 Å². The molecule has 2 atom stereocenters. The molecule has 0 heteroatoms. The van der Waals surface area contributed by atoms with Gasteiger partial charge in [0, 0.05) is 0 Å². The van der Waals surface area contributed by atoms with Gasteiger partial charge in [-0.3, -0.25) is 0 Å². The van der Waals surface area contributed by atoms with Crippen LogP contribution in [0, 0.1) is 11.8 Å². The van der Waals surface area contributed by atoms with Gasteiger partial charge in [0.25, 0.3) is 0 Å². The molecular formula is C9H16.